The van der Waals surface area contributed by atoms with Crippen molar-refractivity contribution >= 4 is 5.90 Å². The molecule has 0 radical (unpaired) electrons. The molecule has 13 heavy (non-hydrogen) atoms. The number of ether oxygens (including phenoxy) is 1. The topological polar surface area (TPSA) is 46.0 Å². The van der Waals surface area contributed by atoms with E-state index in [0.717, 1.165) is 16.8 Å². The summed E-state index contributed by atoms with van der Waals surface area (Å²) in [6, 6.07) is 1.95. The van der Waals surface area contributed by atoms with Crippen LogP contribution in [-0.2, 0) is 4.74 Å². The molecule has 0 aromatic carbocycles. The fourth-order valence-corrected chi connectivity index (χ4v) is 1.16. The molecule has 1 aromatic heterocycles. The predicted molar refractivity (Wildman–Crippen MR) is 52.2 cm³/mol. The van der Waals surface area contributed by atoms with Crippen molar-refractivity contribution < 1.29 is 4.74 Å². The van der Waals surface area contributed by atoms with E-state index < -0.39 is 0 Å². The van der Waals surface area contributed by atoms with Gasteiger partial charge in [-0.15, -0.1) is 0 Å². The van der Waals surface area contributed by atoms with Gasteiger partial charge in [-0.1, -0.05) is 0 Å². The Kier molecular flexibility index (Phi) is 3.01. The van der Waals surface area contributed by atoms with E-state index in [2.05, 4.69) is 4.98 Å². The third kappa shape index (κ3) is 2.28. The molecule has 0 saturated carbocycles. The van der Waals surface area contributed by atoms with Gasteiger partial charge in [-0.25, -0.2) is 0 Å². The van der Waals surface area contributed by atoms with Gasteiger partial charge in [0, 0.05) is 11.9 Å². The van der Waals surface area contributed by atoms with Gasteiger partial charge in [-0.3, -0.25) is 10.4 Å². The van der Waals surface area contributed by atoms with Crippen molar-refractivity contribution in [1.82, 2.24) is 4.98 Å². The van der Waals surface area contributed by atoms with Gasteiger partial charge < -0.3 is 4.74 Å². The summed E-state index contributed by atoms with van der Waals surface area (Å²) < 4.78 is 5.09. The van der Waals surface area contributed by atoms with E-state index >= 15 is 0 Å². The minimum atomic E-state index is 0.201. The van der Waals surface area contributed by atoms with Crippen LogP contribution in [-0.4, -0.2) is 17.5 Å². The van der Waals surface area contributed by atoms with Gasteiger partial charge in [-0.05, 0) is 32.4 Å². The van der Waals surface area contributed by atoms with Crippen molar-refractivity contribution in [3.05, 3.63) is 29.1 Å². The summed E-state index contributed by atoms with van der Waals surface area (Å²) in [4.78, 5) is 4.12. The average Bonchev–Trinajstić information content (AvgIpc) is 2.04. The Labute approximate surface area is 78.3 Å². The van der Waals surface area contributed by atoms with E-state index in [0.29, 0.717) is 6.61 Å². The first kappa shape index (κ1) is 9.71. The number of nitrogens with zero attached hydrogens (tertiary/aromatic N) is 1. The highest BCUT2D eigenvalue weighted by atomic mass is 16.5. The first-order valence-electron chi connectivity index (χ1n) is 4.30. The van der Waals surface area contributed by atoms with E-state index in [4.69, 9.17) is 10.1 Å². The second kappa shape index (κ2) is 4.03. The van der Waals surface area contributed by atoms with Gasteiger partial charge in [0.25, 0.3) is 0 Å². The summed E-state index contributed by atoms with van der Waals surface area (Å²) in [6.45, 7) is 6.27. The van der Waals surface area contributed by atoms with Gasteiger partial charge in [0.1, 0.15) is 0 Å². The summed E-state index contributed by atoms with van der Waals surface area (Å²) in [6.07, 6.45) is 1.68. The molecule has 0 amide bonds. The fraction of sp³-hybridized carbons (Fsp3) is 0.400. The molecular weight excluding hydrogens is 164 g/mol. The summed E-state index contributed by atoms with van der Waals surface area (Å²) in [5.74, 6) is 0.201. The molecule has 0 bridgehead atoms. The average molecular weight is 178 g/mol. The molecular formula is C10H14N2O. The van der Waals surface area contributed by atoms with Crippen LogP contribution in [0.3, 0.4) is 0 Å². The molecule has 0 saturated heterocycles. The molecule has 70 valence electrons. The van der Waals surface area contributed by atoms with Crippen molar-refractivity contribution in [2.45, 2.75) is 20.8 Å². The van der Waals surface area contributed by atoms with Crippen LogP contribution in [0.5, 0.6) is 0 Å². The molecule has 0 fully saturated rings. The van der Waals surface area contributed by atoms with Gasteiger partial charge in [0.05, 0.1) is 12.2 Å². The number of pyridine rings is 1. The number of aryl methyl sites for hydroxylation is 2. The van der Waals surface area contributed by atoms with E-state index in [1.165, 1.54) is 0 Å². The van der Waals surface area contributed by atoms with Gasteiger partial charge in [-0.2, -0.15) is 0 Å². The normalized spacial score (nSPS) is 9.77. The third-order valence-electron chi connectivity index (χ3n) is 1.78. The third-order valence-corrected chi connectivity index (χ3v) is 1.78. The Morgan fingerprint density at radius 1 is 1.54 bits per heavy atom. The zero-order chi connectivity index (χ0) is 9.84. The summed E-state index contributed by atoms with van der Waals surface area (Å²) in [5, 5.41) is 7.58. The van der Waals surface area contributed by atoms with Crippen molar-refractivity contribution in [3.63, 3.8) is 0 Å². The lowest BCUT2D eigenvalue weighted by molar-refractivity contribution is 0.325. The van der Waals surface area contributed by atoms with Crippen molar-refractivity contribution in [2.24, 2.45) is 0 Å². The largest absolute Gasteiger partial charge is 0.478 e. The van der Waals surface area contributed by atoms with Gasteiger partial charge in [0.15, 0.2) is 0 Å². The molecule has 1 N–H and O–H groups in total. The van der Waals surface area contributed by atoms with Crippen LogP contribution in [0.25, 0.3) is 0 Å². The molecule has 0 spiro atoms. The Hall–Kier alpha value is -1.38. The van der Waals surface area contributed by atoms with Crippen molar-refractivity contribution in [3.8, 4) is 0 Å². The zero-order valence-corrected chi connectivity index (χ0v) is 8.22. The molecule has 1 aromatic rings. The fourth-order valence-electron chi connectivity index (χ4n) is 1.16. The van der Waals surface area contributed by atoms with Crippen LogP contribution in [0, 0.1) is 19.3 Å². The van der Waals surface area contributed by atoms with Crippen molar-refractivity contribution in [1.29, 1.82) is 5.41 Å². The number of hydrogen-bond acceptors (Lipinski definition) is 3. The van der Waals surface area contributed by atoms with E-state index in [-0.39, 0.29) is 5.90 Å². The monoisotopic (exact) mass is 178 g/mol. The summed E-state index contributed by atoms with van der Waals surface area (Å²) in [7, 11) is 0. The molecule has 0 atom stereocenters. The Bertz CT molecular complexity index is 321. The predicted octanol–water partition coefficient (Wildman–Crippen LogP) is 2.06. The highest BCUT2D eigenvalue weighted by Crippen LogP contribution is 2.08. The summed E-state index contributed by atoms with van der Waals surface area (Å²) in [5.41, 5.74) is 2.77. The number of hydrogen-bond donors (Lipinski definition) is 1. The van der Waals surface area contributed by atoms with Crippen LogP contribution < -0.4 is 0 Å². The SMILES string of the molecule is CCOC(=N)c1cnc(C)cc1C. The molecule has 0 aliphatic rings. The Morgan fingerprint density at radius 2 is 2.23 bits per heavy atom. The lowest BCUT2D eigenvalue weighted by Crippen LogP contribution is -2.07. The maximum Gasteiger partial charge on any atom is 0.215 e. The molecule has 3 nitrogen and oxygen atoms in total. The summed E-state index contributed by atoms with van der Waals surface area (Å²) >= 11 is 0. The van der Waals surface area contributed by atoms with E-state index in [1.54, 1.807) is 6.20 Å². The minimum Gasteiger partial charge on any atom is -0.478 e. The maximum absolute atomic E-state index is 7.58. The maximum atomic E-state index is 7.58. The van der Waals surface area contributed by atoms with Crippen LogP contribution in [0.4, 0.5) is 0 Å². The van der Waals surface area contributed by atoms with E-state index in [1.807, 2.05) is 26.8 Å². The van der Waals surface area contributed by atoms with Crippen LogP contribution in [0.15, 0.2) is 12.3 Å². The lowest BCUT2D eigenvalue weighted by atomic mass is 10.1. The molecule has 3 heteroatoms. The van der Waals surface area contributed by atoms with E-state index in [9.17, 15) is 0 Å². The molecule has 0 aliphatic heterocycles. The van der Waals surface area contributed by atoms with Gasteiger partial charge in [0.2, 0.25) is 5.90 Å². The second-order valence-electron chi connectivity index (χ2n) is 2.90. The smallest absolute Gasteiger partial charge is 0.215 e. The molecule has 0 unspecified atom stereocenters. The second-order valence-corrected chi connectivity index (χ2v) is 2.90. The first-order valence-corrected chi connectivity index (χ1v) is 4.30. The zero-order valence-electron chi connectivity index (χ0n) is 8.22. The Balaban J connectivity index is 2.95. The lowest BCUT2D eigenvalue weighted by Gasteiger charge is -2.07. The Morgan fingerprint density at radius 3 is 2.77 bits per heavy atom. The number of nitrogens with one attached hydrogen (secondary N) is 1. The van der Waals surface area contributed by atoms with Gasteiger partial charge >= 0.3 is 0 Å². The quantitative estimate of drug-likeness (QED) is 0.556. The first-order chi connectivity index (χ1) is 6.15. The van der Waals surface area contributed by atoms with Crippen molar-refractivity contribution in [2.75, 3.05) is 6.61 Å². The number of aromatic nitrogens is 1. The van der Waals surface area contributed by atoms with Crippen LogP contribution >= 0.6 is 0 Å². The standard InChI is InChI=1S/C10H14N2O/c1-4-13-10(11)9-6-12-8(3)5-7(9)2/h5-6,11H,4H2,1-3H3. The highest BCUT2D eigenvalue weighted by molar-refractivity contribution is 5.92. The molecule has 1 heterocycles. The minimum absolute atomic E-state index is 0.201. The van der Waals surface area contributed by atoms with Crippen LogP contribution in [0.2, 0.25) is 0 Å². The van der Waals surface area contributed by atoms with Crippen LogP contribution in [0.1, 0.15) is 23.7 Å². The number of rotatable bonds is 2. The highest BCUT2D eigenvalue weighted by Gasteiger charge is 2.05. The molecule has 1 rings (SSSR count). The molecule has 0 aliphatic carbocycles.